The van der Waals surface area contributed by atoms with E-state index in [9.17, 15) is 0 Å². The fourth-order valence-electron chi connectivity index (χ4n) is 1.88. The summed E-state index contributed by atoms with van der Waals surface area (Å²) in [6.45, 7) is 10.4. The van der Waals surface area contributed by atoms with Crippen molar-refractivity contribution in [2.24, 2.45) is 5.41 Å². The van der Waals surface area contributed by atoms with Crippen LogP contribution in [0.4, 0.5) is 0 Å². The fraction of sp³-hybridized carbons (Fsp3) is 0.636. The number of hydrogen-bond donors (Lipinski definition) is 0. The molecule has 2 atom stereocenters. The highest BCUT2D eigenvalue weighted by atomic mass is 17.2. The van der Waals surface area contributed by atoms with Crippen LogP contribution in [0, 0.1) is 5.41 Å². The Kier molecular flexibility index (Phi) is 1.70. The van der Waals surface area contributed by atoms with Crippen LogP contribution in [-0.4, -0.2) is 11.7 Å². The lowest BCUT2D eigenvalue weighted by Crippen LogP contribution is -2.33. The third kappa shape index (κ3) is 1.25. The third-order valence-corrected chi connectivity index (χ3v) is 3.06. The van der Waals surface area contributed by atoms with E-state index in [0.29, 0.717) is 0 Å². The molecule has 0 radical (unpaired) electrons. The summed E-state index contributed by atoms with van der Waals surface area (Å²) in [5, 5.41) is 0. The monoisotopic (exact) mass is 180 g/mol. The van der Waals surface area contributed by atoms with Crippen LogP contribution in [0.25, 0.3) is 0 Å². The van der Waals surface area contributed by atoms with E-state index in [2.05, 4.69) is 32.6 Å². The van der Waals surface area contributed by atoms with Gasteiger partial charge >= 0.3 is 0 Å². The Hall–Kier alpha value is -0.600. The Bertz CT molecular complexity index is 278. The highest BCUT2D eigenvalue weighted by Gasteiger charge is 2.44. The Morgan fingerprint density at radius 1 is 1.46 bits per heavy atom. The molecule has 3 aliphatic rings. The molecule has 0 aromatic rings. The molecule has 2 bridgehead atoms. The topological polar surface area (TPSA) is 18.5 Å². The zero-order valence-corrected chi connectivity index (χ0v) is 8.46. The zero-order chi connectivity index (χ0) is 9.69. The van der Waals surface area contributed by atoms with Gasteiger partial charge < -0.3 is 0 Å². The molecular formula is C11H16O2. The molecule has 0 saturated carbocycles. The predicted molar refractivity (Wildman–Crippen MR) is 51.0 cm³/mol. The molecular weight excluding hydrogens is 164 g/mol. The molecule has 0 spiro atoms. The molecule has 72 valence electrons. The first-order valence-electron chi connectivity index (χ1n) is 4.66. The van der Waals surface area contributed by atoms with Crippen molar-refractivity contribution in [1.82, 2.24) is 0 Å². The van der Waals surface area contributed by atoms with Crippen LogP contribution in [0.1, 0.15) is 27.2 Å². The van der Waals surface area contributed by atoms with Crippen molar-refractivity contribution >= 4 is 0 Å². The lowest BCUT2D eigenvalue weighted by atomic mass is 9.80. The van der Waals surface area contributed by atoms with Gasteiger partial charge in [0.25, 0.3) is 0 Å². The van der Waals surface area contributed by atoms with Crippen molar-refractivity contribution in [2.45, 2.75) is 38.9 Å². The third-order valence-electron chi connectivity index (χ3n) is 3.06. The Morgan fingerprint density at radius 3 is 2.69 bits per heavy atom. The largest absolute Gasteiger partial charge is 0.227 e. The first-order chi connectivity index (χ1) is 5.94. The van der Waals surface area contributed by atoms with Gasteiger partial charge in [0, 0.05) is 5.41 Å². The zero-order valence-electron chi connectivity index (χ0n) is 8.46. The van der Waals surface area contributed by atoms with Crippen molar-refractivity contribution in [2.75, 3.05) is 0 Å². The average Bonchev–Trinajstić information content (AvgIpc) is 2.15. The second-order valence-corrected chi connectivity index (χ2v) is 4.84. The summed E-state index contributed by atoms with van der Waals surface area (Å²) in [5.41, 5.74) is 0.764. The molecule has 1 saturated heterocycles. The van der Waals surface area contributed by atoms with Gasteiger partial charge in [-0.1, -0.05) is 26.5 Å². The van der Waals surface area contributed by atoms with E-state index < -0.39 is 5.60 Å². The molecule has 0 amide bonds. The molecule has 2 unspecified atom stereocenters. The average molecular weight is 180 g/mol. The summed E-state index contributed by atoms with van der Waals surface area (Å²) >= 11 is 0. The molecule has 0 N–H and O–H groups in total. The summed E-state index contributed by atoms with van der Waals surface area (Å²) in [7, 11) is 0. The molecule has 13 heavy (non-hydrogen) atoms. The molecule has 2 heterocycles. The molecule has 2 heteroatoms. The molecule has 1 aliphatic carbocycles. The summed E-state index contributed by atoms with van der Waals surface area (Å²) in [5.74, 6) is 0. The van der Waals surface area contributed by atoms with E-state index in [1.54, 1.807) is 0 Å². The maximum atomic E-state index is 5.35. The van der Waals surface area contributed by atoms with Crippen LogP contribution in [-0.2, 0) is 9.78 Å². The molecule has 0 aromatic carbocycles. The van der Waals surface area contributed by atoms with Gasteiger partial charge in [-0.25, -0.2) is 9.78 Å². The Morgan fingerprint density at radius 2 is 2.15 bits per heavy atom. The van der Waals surface area contributed by atoms with Crippen LogP contribution in [0.5, 0.6) is 0 Å². The van der Waals surface area contributed by atoms with E-state index >= 15 is 0 Å². The highest BCUT2D eigenvalue weighted by molar-refractivity contribution is 5.28. The maximum Gasteiger partial charge on any atom is 0.140 e. The van der Waals surface area contributed by atoms with Crippen LogP contribution in [0.2, 0.25) is 0 Å². The second kappa shape index (κ2) is 2.46. The van der Waals surface area contributed by atoms with Gasteiger partial charge in [-0.3, -0.25) is 0 Å². The van der Waals surface area contributed by atoms with Crippen molar-refractivity contribution in [3.63, 3.8) is 0 Å². The van der Waals surface area contributed by atoms with Crippen molar-refractivity contribution in [3.8, 4) is 0 Å². The summed E-state index contributed by atoms with van der Waals surface area (Å²) in [6.07, 6.45) is 5.14. The second-order valence-electron chi connectivity index (χ2n) is 4.84. The molecule has 1 fully saturated rings. The van der Waals surface area contributed by atoms with Gasteiger partial charge in [0.2, 0.25) is 0 Å². The van der Waals surface area contributed by atoms with Crippen molar-refractivity contribution in [1.29, 1.82) is 0 Å². The predicted octanol–water partition coefficient (Wildman–Crippen LogP) is 2.62. The molecule has 0 aromatic heterocycles. The van der Waals surface area contributed by atoms with E-state index in [4.69, 9.17) is 9.78 Å². The smallest absolute Gasteiger partial charge is 0.140 e. The summed E-state index contributed by atoms with van der Waals surface area (Å²) < 4.78 is 0. The minimum absolute atomic E-state index is 0.0554. The first kappa shape index (κ1) is 8.97. The van der Waals surface area contributed by atoms with Crippen LogP contribution in [0.3, 0.4) is 0 Å². The molecule has 2 nitrogen and oxygen atoms in total. The Balaban J connectivity index is 2.43. The van der Waals surface area contributed by atoms with Crippen molar-refractivity contribution < 1.29 is 9.78 Å². The van der Waals surface area contributed by atoms with Gasteiger partial charge in [-0.2, -0.15) is 0 Å². The van der Waals surface area contributed by atoms with E-state index in [1.807, 2.05) is 6.92 Å². The summed E-state index contributed by atoms with van der Waals surface area (Å²) in [4.78, 5) is 10.7. The summed E-state index contributed by atoms with van der Waals surface area (Å²) in [6, 6.07) is 0. The lowest BCUT2D eigenvalue weighted by molar-refractivity contribution is -0.364. The fourth-order valence-corrected chi connectivity index (χ4v) is 1.88. The quantitative estimate of drug-likeness (QED) is 0.421. The van der Waals surface area contributed by atoms with Crippen LogP contribution >= 0.6 is 0 Å². The standard InChI is InChI=1S/C11H16O2/c1-8-7-10(2,3)9-5-6-11(8,4)13-12-9/h5-6,9H,1,7H2,2-4H3. The SMILES string of the molecule is C=C1CC(C)(C)C2C=CC1(C)OO2. The van der Waals surface area contributed by atoms with E-state index in [0.717, 1.165) is 12.0 Å². The first-order valence-corrected chi connectivity index (χ1v) is 4.66. The van der Waals surface area contributed by atoms with Gasteiger partial charge in [-0.05, 0) is 25.0 Å². The number of rotatable bonds is 0. The van der Waals surface area contributed by atoms with Gasteiger partial charge in [0.1, 0.15) is 11.7 Å². The maximum absolute atomic E-state index is 5.35. The number of fused-ring (bicyclic) bond motifs is 3. The molecule has 3 rings (SSSR count). The Labute approximate surface area is 79.2 Å². The minimum Gasteiger partial charge on any atom is -0.227 e. The van der Waals surface area contributed by atoms with Gasteiger partial charge in [0.15, 0.2) is 0 Å². The lowest BCUT2D eigenvalue weighted by Gasteiger charge is -2.30. The van der Waals surface area contributed by atoms with Gasteiger partial charge in [-0.15, -0.1) is 0 Å². The minimum atomic E-state index is -0.412. The molecule has 2 aliphatic heterocycles. The number of hydrogen-bond acceptors (Lipinski definition) is 2. The van der Waals surface area contributed by atoms with Crippen LogP contribution in [0.15, 0.2) is 24.3 Å². The van der Waals surface area contributed by atoms with Crippen molar-refractivity contribution in [3.05, 3.63) is 24.3 Å². The van der Waals surface area contributed by atoms with E-state index in [-0.39, 0.29) is 11.5 Å². The van der Waals surface area contributed by atoms with E-state index in [1.165, 1.54) is 0 Å². The van der Waals surface area contributed by atoms with Crippen LogP contribution < -0.4 is 0 Å². The van der Waals surface area contributed by atoms with Gasteiger partial charge in [0.05, 0.1) is 0 Å². The normalized spacial score (nSPS) is 42.1. The highest BCUT2D eigenvalue weighted by Crippen LogP contribution is 2.44.